The van der Waals surface area contributed by atoms with E-state index < -0.39 is 0 Å². The van der Waals surface area contributed by atoms with Crippen molar-refractivity contribution in [2.75, 3.05) is 11.9 Å². The monoisotopic (exact) mass is 313 g/mol. The van der Waals surface area contributed by atoms with Gasteiger partial charge in [0.2, 0.25) is 0 Å². The van der Waals surface area contributed by atoms with Gasteiger partial charge in [0.1, 0.15) is 0 Å². The van der Waals surface area contributed by atoms with Crippen LogP contribution in [0.1, 0.15) is 29.3 Å². The average Bonchev–Trinajstić information content (AvgIpc) is 3.15. The van der Waals surface area contributed by atoms with Crippen molar-refractivity contribution in [2.45, 2.75) is 32.6 Å². The van der Waals surface area contributed by atoms with Gasteiger partial charge in [-0.1, -0.05) is 19.1 Å². The Morgan fingerprint density at radius 2 is 2.18 bits per heavy atom. The van der Waals surface area contributed by atoms with E-state index in [1.54, 1.807) is 11.3 Å². The van der Waals surface area contributed by atoms with Crippen LogP contribution in [0.2, 0.25) is 0 Å². The molecule has 1 atom stereocenters. The second-order valence-corrected chi connectivity index (χ2v) is 7.11. The minimum absolute atomic E-state index is 0.499. The fraction of sp³-hybridized carbons (Fsp3) is 0.389. The summed E-state index contributed by atoms with van der Waals surface area (Å²) in [5, 5.41) is 5.34. The summed E-state index contributed by atoms with van der Waals surface area (Å²) >= 11 is 1.80. The number of anilines is 1. The predicted octanol–water partition coefficient (Wildman–Crippen LogP) is 3.84. The molecule has 0 spiro atoms. The number of hydrogen-bond donors (Lipinski definition) is 2. The highest BCUT2D eigenvalue weighted by Gasteiger charge is 2.11. The predicted molar refractivity (Wildman–Crippen MR) is 95.8 cm³/mol. The van der Waals surface area contributed by atoms with E-state index in [1.807, 2.05) is 0 Å². The molecular weight excluding hydrogens is 290 g/mol. The zero-order chi connectivity index (χ0) is 15.4. The normalized spacial score (nSPS) is 15.6. The number of rotatable bonds is 5. The third-order valence-electron chi connectivity index (χ3n) is 4.07. The molecule has 0 saturated carbocycles. The number of thiophene rings is 1. The van der Waals surface area contributed by atoms with Gasteiger partial charge in [-0.2, -0.15) is 0 Å². The maximum Gasteiger partial charge on any atom is 0.193 e. The maximum atomic E-state index is 6.01. The van der Waals surface area contributed by atoms with Crippen molar-refractivity contribution in [3.8, 4) is 0 Å². The van der Waals surface area contributed by atoms with Crippen molar-refractivity contribution in [3.05, 3.63) is 51.7 Å². The second kappa shape index (κ2) is 6.97. The Kier molecular flexibility index (Phi) is 4.78. The van der Waals surface area contributed by atoms with Crippen LogP contribution in [0.5, 0.6) is 0 Å². The first kappa shape index (κ1) is 15.1. The van der Waals surface area contributed by atoms with E-state index in [9.17, 15) is 0 Å². The zero-order valence-corrected chi connectivity index (χ0v) is 13.8. The van der Waals surface area contributed by atoms with Gasteiger partial charge in [-0.15, -0.1) is 11.3 Å². The standard InChI is InChI=1S/C18H23N3S/c1-13(10-17-6-3-9-22-17)12-20-18(19)21-16-8-7-14-4-2-5-15(14)11-16/h3,6-9,11,13H,2,4-5,10,12H2,1H3,(H3,19,20,21). The summed E-state index contributed by atoms with van der Waals surface area (Å²) in [6.07, 6.45) is 4.72. The minimum Gasteiger partial charge on any atom is -0.370 e. The largest absolute Gasteiger partial charge is 0.370 e. The fourth-order valence-corrected chi connectivity index (χ4v) is 3.80. The highest BCUT2D eigenvalue weighted by atomic mass is 32.1. The number of aryl methyl sites for hydroxylation is 2. The quantitative estimate of drug-likeness (QED) is 0.651. The summed E-state index contributed by atoms with van der Waals surface area (Å²) in [4.78, 5) is 5.89. The molecule has 0 radical (unpaired) electrons. The summed E-state index contributed by atoms with van der Waals surface area (Å²) in [5.74, 6) is 1.01. The summed E-state index contributed by atoms with van der Waals surface area (Å²) in [6.45, 7) is 2.97. The van der Waals surface area contributed by atoms with Gasteiger partial charge in [0.15, 0.2) is 5.96 Å². The summed E-state index contributed by atoms with van der Waals surface area (Å²) in [7, 11) is 0. The smallest absolute Gasteiger partial charge is 0.193 e. The van der Waals surface area contributed by atoms with Crippen molar-refractivity contribution in [3.63, 3.8) is 0 Å². The second-order valence-electron chi connectivity index (χ2n) is 6.08. The first-order chi connectivity index (χ1) is 10.7. The molecule has 3 nitrogen and oxygen atoms in total. The number of fused-ring (bicyclic) bond motifs is 1. The SMILES string of the molecule is CC(CN=C(N)Nc1ccc2c(c1)CCC2)Cc1cccs1. The lowest BCUT2D eigenvalue weighted by Gasteiger charge is -2.10. The highest BCUT2D eigenvalue weighted by Crippen LogP contribution is 2.24. The lowest BCUT2D eigenvalue weighted by atomic mass is 10.1. The summed E-state index contributed by atoms with van der Waals surface area (Å²) < 4.78 is 0. The molecule has 1 aromatic carbocycles. The minimum atomic E-state index is 0.499. The first-order valence-corrected chi connectivity index (χ1v) is 8.80. The van der Waals surface area contributed by atoms with Crippen molar-refractivity contribution >= 4 is 23.0 Å². The Labute approximate surface area is 136 Å². The molecule has 0 fully saturated rings. The number of guanidine groups is 1. The van der Waals surface area contributed by atoms with Crippen LogP contribution in [0.3, 0.4) is 0 Å². The molecule has 1 aliphatic rings. The molecule has 1 heterocycles. The number of aliphatic imine (C=N–C) groups is 1. The lowest BCUT2D eigenvalue weighted by molar-refractivity contribution is 0.599. The van der Waals surface area contributed by atoms with E-state index in [1.165, 1.54) is 35.3 Å². The van der Waals surface area contributed by atoms with E-state index in [0.717, 1.165) is 18.7 Å². The Balaban J connectivity index is 1.53. The van der Waals surface area contributed by atoms with Crippen LogP contribution in [-0.2, 0) is 19.3 Å². The van der Waals surface area contributed by atoms with Gasteiger partial charge in [-0.05, 0) is 66.3 Å². The first-order valence-electron chi connectivity index (χ1n) is 7.92. The van der Waals surface area contributed by atoms with Crippen molar-refractivity contribution < 1.29 is 0 Å². The van der Waals surface area contributed by atoms with Crippen molar-refractivity contribution in [1.82, 2.24) is 0 Å². The molecule has 22 heavy (non-hydrogen) atoms. The van der Waals surface area contributed by atoms with Crippen LogP contribution in [0.4, 0.5) is 5.69 Å². The number of nitrogens with one attached hydrogen (secondary N) is 1. The molecule has 0 bridgehead atoms. The molecule has 0 saturated heterocycles. The van der Waals surface area contributed by atoms with Crippen LogP contribution in [0.25, 0.3) is 0 Å². The number of benzene rings is 1. The van der Waals surface area contributed by atoms with E-state index in [-0.39, 0.29) is 0 Å². The van der Waals surface area contributed by atoms with Crippen LogP contribution in [0.15, 0.2) is 40.7 Å². The number of hydrogen-bond acceptors (Lipinski definition) is 2. The van der Waals surface area contributed by atoms with Crippen molar-refractivity contribution in [1.29, 1.82) is 0 Å². The molecule has 3 rings (SSSR count). The summed E-state index contributed by atoms with van der Waals surface area (Å²) in [6, 6.07) is 10.8. The maximum absolute atomic E-state index is 6.01. The van der Waals surface area contributed by atoms with Gasteiger partial charge in [0.25, 0.3) is 0 Å². The molecule has 2 aromatic rings. The van der Waals surface area contributed by atoms with Crippen LogP contribution in [-0.4, -0.2) is 12.5 Å². The Morgan fingerprint density at radius 1 is 1.32 bits per heavy atom. The fourth-order valence-electron chi connectivity index (χ4n) is 2.93. The van der Waals surface area contributed by atoms with Gasteiger partial charge >= 0.3 is 0 Å². The van der Waals surface area contributed by atoms with Gasteiger partial charge in [0.05, 0.1) is 0 Å². The Morgan fingerprint density at radius 3 is 3.00 bits per heavy atom. The highest BCUT2D eigenvalue weighted by molar-refractivity contribution is 7.09. The van der Waals surface area contributed by atoms with Crippen LogP contribution in [0, 0.1) is 5.92 Å². The molecule has 0 aliphatic heterocycles. The Hall–Kier alpha value is -1.81. The molecule has 0 amide bonds. The molecule has 116 valence electrons. The van der Waals surface area contributed by atoms with Crippen LogP contribution >= 0.6 is 11.3 Å². The third kappa shape index (κ3) is 3.89. The van der Waals surface area contributed by atoms with Crippen LogP contribution < -0.4 is 11.1 Å². The summed E-state index contributed by atoms with van der Waals surface area (Å²) in [5.41, 5.74) is 9.99. The molecular formula is C18H23N3S. The van der Waals surface area contributed by atoms with Gasteiger partial charge in [0, 0.05) is 17.1 Å². The molecule has 1 aromatic heterocycles. The molecule has 4 heteroatoms. The zero-order valence-electron chi connectivity index (χ0n) is 13.0. The van der Waals surface area contributed by atoms with E-state index in [4.69, 9.17) is 5.73 Å². The lowest BCUT2D eigenvalue weighted by Crippen LogP contribution is -2.23. The number of nitrogens with zero attached hydrogens (tertiary/aromatic N) is 1. The van der Waals surface area contributed by atoms with Gasteiger partial charge in [-0.3, -0.25) is 4.99 Å². The van der Waals surface area contributed by atoms with Gasteiger partial charge in [-0.25, -0.2) is 0 Å². The van der Waals surface area contributed by atoms with E-state index in [0.29, 0.717) is 11.9 Å². The average molecular weight is 313 g/mol. The topological polar surface area (TPSA) is 50.4 Å². The Bertz CT molecular complexity index is 646. The number of nitrogens with two attached hydrogens (primary N) is 1. The van der Waals surface area contributed by atoms with E-state index in [2.05, 4.69) is 52.9 Å². The molecule has 1 unspecified atom stereocenters. The molecule has 3 N–H and O–H groups in total. The molecule has 1 aliphatic carbocycles. The third-order valence-corrected chi connectivity index (χ3v) is 4.97. The van der Waals surface area contributed by atoms with Crippen molar-refractivity contribution in [2.24, 2.45) is 16.6 Å². The van der Waals surface area contributed by atoms with E-state index >= 15 is 0 Å². The van der Waals surface area contributed by atoms with Gasteiger partial charge < -0.3 is 11.1 Å².